The molecule has 3 heteroatoms. The summed E-state index contributed by atoms with van der Waals surface area (Å²) in [6, 6.07) is 3.70. The molecule has 0 amide bonds. The van der Waals surface area contributed by atoms with E-state index >= 15 is 0 Å². The SMILES string of the molecule is Cc1cc(C(=O)CCl)cc(C)c1Br. The molecule has 0 aliphatic carbocycles. The van der Waals surface area contributed by atoms with Gasteiger partial charge in [0, 0.05) is 10.0 Å². The third kappa shape index (κ3) is 2.32. The van der Waals surface area contributed by atoms with Crippen LogP contribution >= 0.6 is 27.5 Å². The highest BCUT2D eigenvalue weighted by Crippen LogP contribution is 2.22. The summed E-state index contributed by atoms with van der Waals surface area (Å²) in [6.07, 6.45) is 0. The van der Waals surface area contributed by atoms with Gasteiger partial charge in [0.15, 0.2) is 5.78 Å². The molecule has 0 atom stereocenters. The molecule has 1 aromatic carbocycles. The molecule has 0 bridgehead atoms. The molecule has 0 saturated heterocycles. The van der Waals surface area contributed by atoms with Gasteiger partial charge < -0.3 is 0 Å². The lowest BCUT2D eigenvalue weighted by atomic mass is 10.1. The minimum atomic E-state index is -0.0274. The van der Waals surface area contributed by atoms with Crippen molar-refractivity contribution in [3.63, 3.8) is 0 Å². The Morgan fingerprint density at radius 3 is 2.23 bits per heavy atom. The molecule has 1 rings (SSSR count). The topological polar surface area (TPSA) is 17.1 Å². The van der Waals surface area contributed by atoms with E-state index in [-0.39, 0.29) is 11.7 Å². The quantitative estimate of drug-likeness (QED) is 0.588. The van der Waals surface area contributed by atoms with Crippen LogP contribution < -0.4 is 0 Å². The van der Waals surface area contributed by atoms with Gasteiger partial charge in [0.2, 0.25) is 0 Å². The van der Waals surface area contributed by atoms with Crippen LogP contribution in [0.4, 0.5) is 0 Å². The number of halogens is 2. The number of carbonyl (C=O) groups is 1. The number of hydrogen-bond donors (Lipinski definition) is 0. The first-order valence-corrected chi connectivity index (χ1v) is 5.25. The molecule has 0 radical (unpaired) electrons. The molecule has 0 spiro atoms. The van der Waals surface area contributed by atoms with Gasteiger partial charge in [0.1, 0.15) is 0 Å². The fraction of sp³-hybridized carbons (Fsp3) is 0.300. The molecule has 70 valence electrons. The van der Waals surface area contributed by atoms with E-state index in [1.54, 1.807) is 0 Å². The summed E-state index contributed by atoms with van der Waals surface area (Å²) in [5, 5.41) is 0. The highest BCUT2D eigenvalue weighted by atomic mass is 79.9. The van der Waals surface area contributed by atoms with Crippen molar-refractivity contribution in [1.29, 1.82) is 0 Å². The third-order valence-corrected chi connectivity index (χ3v) is 3.37. The number of hydrogen-bond acceptors (Lipinski definition) is 1. The standard InChI is InChI=1S/C10H10BrClO/c1-6-3-8(9(13)5-12)4-7(2)10(6)11/h3-4H,5H2,1-2H3. The molecule has 0 aliphatic rings. The maximum atomic E-state index is 11.3. The van der Waals surface area contributed by atoms with Crippen molar-refractivity contribution >= 4 is 33.3 Å². The number of ketones is 1. The lowest BCUT2D eigenvalue weighted by Gasteiger charge is -2.05. The van der Waals surface area contributed by atoms with E-state index in [0.717, 1.165) is 15.6 Å². The monoisotopic (exact) mass is 260 g/mol. The minimum Gasteiger partial charge on any atom is -0.293 e. The van der Waals surface area contributed by atoms with Crippen LogP contribution in [0.5, 0.6) is 0 Å². The Morgan fingerprint density at radius 1 is 1.38 bits per heavy atom. The van der Waals surface area contributed by atoms with E-state index in [4.69, 9.17) is 11.6 Å². The van der Waals surface area contributed by atoms with Gasteiger partial charge in [0.25, 0.3) is 0 Å². The van der Waals surface area contributed by atoms with E-state index in [2.05, 4.69) is 15.9 Å². The molecule has 0 unspecified atom stereocenters. The van der Waals surface area contributed by atoms with Gasteiger partial charge in [-0.1, -0.05) is 15.9 Å². The lowest BCUT2D eigenvalue weighted by molar-refractivity contribution is 0.102. The Hall–Kier alpha value is -0.340. The second-order valence-corrected chi connectivity index (χ2v) is 4.04. The zero-order valence-corrected chi connectivity index (χ0v) is 9.87. The van der Waals surface area contributed by atoms with Gasteiger partial charge >= 0.3 is 0 Å². The van der Waals surface area contributed by atoms with Crippen LogP contribution in [0.2, 0.25) is 0 Å². The normalized spacial score (nSPS) is 10.2. The first kappa shape index (κ1) is 10.7. The van der Waals surface area contributed by atoms with Crippen LogP contribution in [0.1, 0.15) is 21.5 Å². The highest BCUT2D eigenvalue weighted by molar-refractivity contribution is 9.10. The van der Waals surface area contributed by atoms with Crippen molar-refractivity contribution in [2.75, 3.05) is 5.88 Å². The van der Waals surface area contributed by atoms with E-state index in [1.807, 2.05) is 26.0 Å². The Morgan fingerprint density at radius 2 is 1.85 bits per heavy atom. The number of aryl methyl sites for hydroxylation is 2. The second kappa shape index (κ2) is 4.25. The number of benzene rings is 1. The summed E-state index contributed by atoms with van der Waals surface area (Å²) in [4.78, 5) is 11.3. The van der Waals surface area contributed by atoms with Crippen LogP contribution in [0.3, 0.4) is 0 Å². The van der Waals surface area contributed by atoms with E-state index in [0.29, 0.717) is 5.56 Å². The molecule has 0 fully saturated rings. The predicted octanol–water partition coefficient (Wildman–Crippen LogP) is 3.49. The van der Waals surface area contributed by atoms with Crippen LogP contribution in [0.25, 0.3) is 0 Å². The van der Waals surface area contributed by atoms with Crippen molar-refractivity contribution in [2.45, 2.75) is 13.8 Å². The molecule has 13 heavy (non-hydrogen) atoms. The summed E-state index contributed by atoms with van der Waals surface area (Å²) < 4.78 is 1.05. The molecular weight excluding hydrogens is 251 g/mol. The Labute approximate surface area is 91.2 Å². The van der Waals surface area contributed by atoms with Crippen LogP contribution in [0.15, 0.2) is 16.6 Å². The maximum absolute atomic E-state index is 11.3. The predicted molar refractivity (Wildman–Crippen MR) is 58.7 cm³/mol. The number of alkyl halides is 1. The van der Waals surface area contributed by atoms with Gasteiger partial charge in [-0.25, -0.2) is 0 Å². The largest absolute Gasteiger partial charge is 0.293 e. The number of Topliss-reactive ketones (excluding diaryl/α,β-unsaturated/α-hetero) is 1. The molecule has 0 aliphatic heterocycles. The summed E-state index contributed by atoms with van der Waals surface area (Å²) in [5.41, 5.74) is 2.81. The molecule has 0 saturated carbocycles. The van der Waals surface area contributed by atoms with Gasteiger partial charge in [-0.3, -0.25) is 4.79 Å². The Bertz CT molecular complexity index is 324. The van der Waals surface area contributed by atoms with Gasteiger partial charge in [-0.2, -0.15) is 0 Å². The minimum absolute atomic E-state index is 0.0274. The summed E-state index contributed by atoms with van der Waals surface area (Å²) in [7, 11) is 0. The van der Waals surface area contributed by atoms with Crippen molar-refractivity contribution < 1.29 is 4.79 Å². The van der Waals surface area contributed by atoms with Crippen molar-refractivity contribution in [3.8, 4) is 0 Å². The summed E-state index contributed by atoms with van der Waals surface area (Å²) in [6.45, 7) is 3.92. The third-order valence-electron chi connectivity index (χ3n) is 1.88. The molecule has 1 nitrogen and oxygen atoms in total. The van der Waals surface area contributed by atoms with Crippen molar-refractivity contribution in [2.24, 2.45) is 0 Å². The first-order valence-electron chi connectivity index (χ1n) is 3.92. The maximum Gasteiger partial charge on any atom is 0.177 e. The average Bonchev–Trinajstić information content (AvgIpc) is 2.12. The molecular formula is C10H10BrClO. The van der Waals surface area contributed by atoms with Gasteiger partial charge in [0.05, 0.1) is 5.88 Å². The van der Waals surface area contributed by atoms with E-state index in [1.165, 1.54) is 0 Å². The van der Waals surface area contributed by atoms with Crippen molar-refractivity contribution in [3.05, 3.63) is 33.3 Å². The Balaban J connectivity index is 3.20. The van der Waals surface area contributed by atoms with E-state index < -0.39 is 0 Å². The fourth-order valence-corrected chi connectivity index (χ4v) is 1.57. The van der Waals surface area contributed by atoms with Crippen LogP contribution in [0, 0.1) is 13.8 Å². The number of carbonyl (C=O) groups excluding carboxylic acids is 1. The molecule has 1 aromatic rings. The zero-order chi connectivity index (χ0) is 10.0. The summed E-state index contributed by atoms with van der Waals surface area (Å²) >= 11 is 8.91. The van der Waals surface area contributed by atoms with E-state index in [9.17, 15) is 4.79 Å². The Kier molecular flexibility index (Phi) is 3.51. The number of rotatable bonds is 2. The molecule has 0 heterocycles. The highest BCUT2D eigenvalue weighted by Gasteiger charge is 2.07. The van der Waals surface area contributed by atoms with Gasteiger partial charge in [-0.05, 0) is 37.1 Å². The van der Waals surface area contributed by atoms with Crippen LogP contribution in [-0.2, 0) is 0 Å². The fourth-order valence-electron chi connectivity index (χ4n) is 1.18. The van der Waals surface area contributed by atoms with Gasteiger partial charge in [-0.15, -0.1) is 11.6 Å². The van der Waals surface area contributed by atoms with Crippen molar-refractivity contribution in [1.82, 2.24) is 0 Å². The first-order chi connectivity index (χ1) is 6.06. The molecule has 0 N–H and O–H groups in total. The lowest BCUT2D eigenvalue weighted by Crippen LogP contribution is -2.01. The second-order valence-electron chi connectivity index (χ2n) is 2.98. The molecule has 0 aromatic heterocycles. The van der Waals surface area contributed by atoms with Crippen LogP contribution in [-0.4, -0.2) is 11.7 Å². The zero-order valence-electron chi connectivity index (χ0n) is 7.53. The average molecular weight is 262 g/mol. The summed E-state index contributed by atoms with van der Waals surface area (Å²) in [5.74, 6) is 0.0147. The smallest absolute Gasteiger partial charge is 0.177 e.